The summed E-state index contributed by atoms with van der Waals surface area (Å²) in [5.41, 5.74) is 66.3. The lowest BCUT2D eigenvalue weighted by Crippen LogP contribution is -2.62. The fourth-order valence-electron chi connectivity index (χ4n) is 21.0. The first kappa shape index (κ1) is 87.8. The summed E-state index contributed by atoms with van der Waals surface area (Å²) in [6, 6.07) is 0. The molecule has 12 saturated heterocycles. The van der Waals surface area contributed by atoms with Crippen molar-refractivity contribution in [1.82, 2.24) is 49.0 Å². The molecule has 12 aliphatic heterocycles. The van der Waals surface area contributed by atoms with E-state index in [0.29, 0.717) is 33.5 Å². The zero-order valence-corrected chi connectivity index (χ0v) is 70.1. The Bertz CT molecular complexity index is 2460. The molecule has 0 aromatic carbocycles. The second-order valence-electron chi connectivity index (χ2n) is 40.7. The number of ether oxygens (including phenoxy) is 2. The van der Waals surface area contributed by atoms with Crippen molar-refractivity contribution in [2.75, 3.05) is 228 Å². The Morgan fingerprint density at radius 2 is 0.520 bits per heavy atom. The van der Waals surface area contributed by atoms with Crippen LogP contribution in [-0.2, 0) is 9.47 Å². The third kappa shape index (κ3) is 19.3. The summed E-state index contributed by atoms with van der Waals surface area (Å²) in [6.45, 7) is 58.8. The SMILES string of the molecule is C=C1CN(C)CC1(C)N.C=C1CN(C)C[C@@]1(C)N.CC[C@@]1(N)CN(C)C[C@@H]1C.CC[C@@]1(N)CN(C)C[C@H]1C.CN1CC(C)(N)C2(CC2)C1.CN1CC(C)(N)C2(CCC2)C1.CN1CC(C)(N)C2(COC2)C1.CN1CC2(CC2)[C@](C)(N)C1.CN1CC2(CCC2)[C@](C)(N)C1.CN1CC2(COC2)[C@](C)(N)C1. The third-order valence-corrected chi connectivity index (χ3v) is 29.4. The van der Waals surface area contributed by atoms with E-state index in [2.05, 4.69) is 202 Å². The number of hydrogen-bond acceptors (Lipinski definition) is 22. The number of likely N-dealkylation sites (N-methyl/N-ethyl adjacent to an activating group) is 10. The Morgan fingerprint density at radius 3 is 0.578 bits per heavy atom. The van der Waals surface area contributed by atoms with E-state index >= 15 is 0 Å². The summed E-state index contributed by atoms with van der Waals surface area (Å²) < 4.78 is 10.5. The van der Waals surface area contributed by atoms with Gasteiger partial charge in [-0.1, -0.05) is 53.7 Å². The van der Waals surface area contributed by atoms with Crippen LogP contribution >= 0.6 is 0 Å². The van der Waals surface area contributed by atoms with E-state index in [9.17, 15) is 0 Å². The molecule has 4 unspecified atom stereocenters. The smallest absolute Gasteiger partial charge is 0.0575 e. The summed E-state index contributed by atoms with van der Waals surface area (Å²) in [5, 5.41) is 0. The van der Waals surface area contributed by atoms with Gasteiger partial charge in [-0.05, 0) is 213 Å². The lowest BCUT2D eigenvalue weighted by molar-refractivity contribution is -0.131. The van der Waals surface area contributed by atoms with Gasteiger partial charge in [0.15, 0.2) is 0 Å². The van der Waals surface area contributed by atoms with Gasteiger partial charge < -0.3 is 116 Å². The molecule has 16 rings (SSSR count). The molecule has 0 aromatic heterocycles. The predicted molar refractivity (Wildman–Crippen MR) is 429 cm³/mol. The molecule has 16 fully saturated rings. The monoisotopic (exact) mass is 1440 g/mol. The van der Waals surface area contributed by atoms with Crippen LogP contribution in [0.15, 0.2) is 24.3 Å². The molecule has 102 heavy (non-hydrogen) atoms. The summed E-state index contributed by atoms with van der Waals surface area (Å²) in [7, 11) is 21.3. The molecule has 22 heteroatoms. The number of nitrogens with two attached hydrogens (primary N) is 10. The van der Waals surface area contributed by atoms with Gasteiger partial charge in [-0.3, -0.25) is 0 Å². The minimum Gasteiger partial charge on any atom is -0.380 e. The lowest BCUT2D eigenvalue weighted by atomic mass is 9.60. The van der Waals surface area contributed by atoms with Gasteiger partial charge >= 0.3 is 0 Å². The topological polar surface area (TPSA) is 311 Å². The van der Waals surface area contributed by atoms with Crippen LogP contribution in [0.25, 0.3) is 0 Å². The minimum atomic E-state index is -0.144. The van der Waals surface area contributed by atoms with Crippen LogP contribution in [-0.4, -0.2) is 332 Å². The molecule has 22 nitrogen and oxygen atoms in total. The zero-order chi connectivity index (χ0) is 77.0. The Morgan fingerprint density at radius 1 is 0.304 bits per heavy atom. The molecule has 4 saturated carbocycles. The highest BCUT2D eigenvalue weighted by atomic mass is 16.5. The fourth-order valence-corrected chi connectivity index (χ4v) is 21.0. The Balaban J connectivity index is 0.000000159. The fraction of sp³-hybridized carbons (Fsp3) is 0.950. The van der Waals surface area contributed by atoms with E-state index < -0.39 is 0 Å². The number of nitrogens with zero attached hydrogens (tertiary/aromatic N) is 10. The summed E-state index contributed by atoms with van der Waals surface area (Å²) >= 11 is 0. The molecule has 0 radical (unpaired) electrons. The van der Waals surface area contributed by atoms with E-state index in [-0.39, 0.29) is 66.2 Å². The maximum Gasteiger partial charge on any atom is 0.0575 e. The van der Waals surface area contributed by atoms with Crippen molar-refractivity contribution < 1.29 is 9.47 Å². The summed E-state index contributed by atoms with van der Waals surface area (Å²) in [5.74, 6) is 1.31. The van der Waals surface area contributed by atoms with Crippen LogP contribution < -0.4 is 57.3 Å². The van der Waals surface area contributed by atoms with Crippen molar-refractivity contribution in [3.8, 4) is 0 Å². The second-order valence-corrected chi connectivity index (χ2v) is 40.7. The Hall–Kier alpha value is -1.40. The van der Waals surface area contributed by atoms with Crippen LogP contribution in [0.5, 0.6) is 0 Å². The molecule has 12 heterocycles. The van der Waals surface area contributed by atoms with Crippen molar-refractivity contribution >= 4 is 0 Å². The van der Waals surface area contributed by atoms with Crippen molar-refractivity contribution in [2.24, 2.45) is 102 Å². The summed E-state index contributed by atoms with van der Waals surface area (Å²) in [4.78, 5) is 23.0. The highest BCUT2D eigenvalue weighted by molar-refractivity contribution is 5.23. The highest BCUT2D eigenvalue weighted by Crippen LogP contribution is 2.58. The molecule has 16 aliphatic rings. The summed E-state index contributed by atoms with van der Waals surface area (Å²) in [6.07, 6.45) is 15.8. The molecule has 6 spiro atoms. The van der Waals surface area contributed by atoms with Gasteiger partial charge in [0.05, 0.1) is 26.4 Å². The van der Waals surface area contributed by atoms with Crippen LogP contribution in [0, 0.1) is 44.3 Å². The van der Waals surface area contributed by atoms with Gasteiger partial charge in [-0.25, -0.2) is 0 Å². The molecular weight excluding hydrogens is 1270 g/mol. The highest BCUT2D eigenvalue weighted by Gasteiger charge is 2.62. The second kappa shape index (κ2) is 31.8. The van der Waals surface area contributed by atoms with Gasteiger partial charge in [0.2, 0.25) is 0 Å². The van der Waals surface area contributed by atoms with Gasteiger partial charge in [0, 0.05) is 219 Å². The van der Waals surface area contributed by atoms with Gasteiger partial charge in [-0.15, -0.1) is 0 Å². The molecule has 0 bridgehead atoms. The first-order valence-electron chi connectivity index (χ1n) is 39.8. The zero-order valence-electron chi connectivity index (χ0n) is 70.1. The Labute approximate surface area is 624 Å². The van der Waals surface area contributed by atoms with Crippen molar-refractivity contribution in [3.05, 3.63) is 24.3 Å². The van der Waals surface area contributed by atoms with E-state index in [4.69, 9.17) is 66.8 Å². The van der Waals surface area contributed by atoms with Crippen LogP contribution in [0.1, 0.15) is 160 Å². The molecule has 0 aromatic rings. The maximum atomic E-state index is 6.27. The number of rotatable bonds is 2. The van der Waals surface area contributed by atoms with E-state index in [0.717, 1.165) is 155 Å². The largest absolute Gasteiger partial charge is 0.380 e. The van der Waals surface area contributed by atoms with Crippen molar-refractivity contribution in [3.63, 3.8) is 0 Å². The average Bonchev–Trinajstić information content (AvgIpc) is 1.61. The van der Waals surface area contributed by atoms with E-state index in [1.165, 1.54) is 90.4 Å². The van der Waals surface area contributed by atoms with E-state index in [1.54, 1.807) is 0 Å². The predicted octanol–water partition coefficient (Wildman–Crippen LogP) is 3.59. The normalized spacial score (nSPS) is 42.3. The van der Waals surface area contributed by atoms with Crippen LogP contribution in [0.2, 0.25) is 0 Å². The lowest BCUT2D eigenvalue weighted by Gasteiger charge is -2.47. The molecule has 0 amide bonds. The van der Waals surface area contributed by atoms with Crippen molar-refractivity contribution in [2.45, 2.75) is 216 Å². The standard InChI is InChI=1S/2C9H18N2.2C8H16N2O.2C8H16N2.2C8H18N2.2C7H14N2/c2*1-8(10)6-11(2)7-9(8)4-3-5-9;2*1-7(9)3-10(2)4-8(7)5-11-6-8;2*1-7(9)5-10(2)6-8(7)3-4-8;2*1-4-8(9)6-10(3)5-7(8)2;2*1-6-4-9(3)5-7(6,2)8/h2*3-7,10H2,1-2H3;2*3-6,9H2,1-2H3;2*3-6,9H2,1-2H3;2*7H,4-6,9H2,1-3H3;2*1,4-5,8H2,2-3H3/t8-;;7-;;7-;;7-,8+;7-,8-;7-;/m1.1.1.011./s1. The van der Waals surface area contributed by atoms with Gasteiger partial charge in [0.25, 0.3) is 0 Å². The average molecular weight is 1440 g/mol. The van der Waals surface area contributed by atoms with Crippen LogP contribution in [0.4, 0.5) is 0 Å². The van der Waals surface area contributed by atoms with Gasteiger partial charge in [-0.2, -0.15) is 0 Å². The first-order chi connectivity index (χ1) is 46.6. The Kier molecular flexibility index (Phi) is 27.3. The molecule has 4 aliphatic carbocycles. The first-order valence-corrected chi connectivity index (χ1v) is 39.8. The maximum absolute atomic E-state index is 6.27. The van der Waals surface area contributed by atoms with Gasteiger partial charge in [0.1, 0.15) is 0 Å². The minimum absolute atomic E-state index is 0.0417. The molecule has 20 N–H and O–H groups in total. The van der Waals surface area contributed by atoms with Crippen molar-refractivity contribution in [1.29, 1.82) is 0 Å². The molecule has 12 atom stereocenters. The van der Waals surface area contributed by atoms with E-state index in [1.807, 2.05) is 13.8 Å². The number of hydrogen-bond donors (Lipinski definition) is 10. The number of likely N-dealkylation sites (tertiary alicyclic amines) is 10. The van der Waals surface area contributed by atoms with Crippen LogP contribution in [0.3, 0.4) is 0 Å². The quantitative estimate of drug-likeness (QED) is 0.177. The molecular formula is C80H164N20O2. The molecule has 596 valence electrons. The third-order valence-electron chi connectivity index (χ3n) is 29.4.